The number of rotatable bonds is 7. The fourth-order valence-corrected chi connectivity index (χ4v) is 2.57. The number of hydrogen-bond acceptors (Lipinski definition) is 3. The number of amides is 2. The van der Waals surface area contributed by atoms with Crippen LogP contribution >= 0.6 is 11.6 Å². The van der Waals surface area contributed by atoms with Crippen LogP contribution in [0.2, 0.25) is 5.02 Å². The van der Waals surface area contributed by atoms with Gasteiger partial charge in [-0.05, 0) is 43.3 Å². The second-order valence-electron chi connectivity index (χ2n) is 5.96. The molecule has 2 amide bonds. The highest BCUT2D eigenvalue weighted by Crippen LogP contribution is 2.20. The van der Waals surface area contributed by atoms with E-state index in [0.717, 1.165) is 17.7 Å². The van der Waals surface area contributed by atoms with Crippen molar-refractivity contribution in [2.45, 2.75) is 13.8 Å². The minimum absolute atomic E-state index is 0.0599. The number of para-hydroxylation sites is 1. The zero-order valence-corrected chi connectivity index (χ0v) is 15.7. The van der Waals surface area contributed by atoms with Gasteiger partial charge in [0.2, 0.25) is 11.8 Å². The van der Waals surface area contributed by atoms with Crippen LogP contribution in [0.4, 0.5) is 20.2 Å². The Balaban J connectivity index is 1.95. The number of halogens is 3. The summed E-state index contributed by atoms with van der Waals surface area (Å²) in [6, 6.07) is 8.46. The minimum atomic E-state index is -0.861. The maximum atomic E-state index is 13.6. The molecule has 0 atom stereocenters. The summed E-state index contributed by atoms with van der Waals surface area (Å²) < 4.78 is 27.2. The second-order valence-corrected chi connectivity index (χ2v) is 6.39. The molecular formula is C19H20ClF2N3O2. The number of carbonyl (C=O) groups is 2. The van der Waals surface area contributed by atoms with Crippen molar-refractivity contribution in [3.05, 3.63) is 58.6 Å². The van der Waals surface area contributed by atoms with Crippen molar-refractivity contribution >= 4 is 34.8 Å². The lowest BCUT2D eigenvalue weighted by Crippen LogP contribution is -2.39. The lowest BCUT2D eigenvalue weighted by Gasteiger charge is -2.20. The third kappa shape index (κ3) is 6.01. The topological polar surface area (TPSA) is 61.4 Å². The number of anilines is 2. The van der Waals surface area contributed by atoms with Crippen molar-refractivity contribution in [2.75, 3.05) is 30.3 Å². The Morgan fingerprint density at radius 3 is 2.22 bits per heavy atom. The first-order valence-corrected chi connectivity index (χ1v) is 8.70. The summed E-state index contributed by atoms with van der Waals surface area (Å²) >= 11 is 5.93. The van der Waals surface area contributed by atoms with E-state index in [-0.39, 0.29) is 19.0 Å². The zero-order valence-electron chi connectivity index (χ0n) is 15.0. The molecule has 0 aliphatic heterocycles. The molecule has 0 aromatic heterocycles. The van der Waals surface area contributed by atoms with Crippen LogP contribution in [0, 0.1) is 18.6 Å². The summed E-state index contributed by atoms with van der Waals surface area (Å²) in [4.78, 5) is 25.9. The van der Waals surface area contributed by atoms with E-state index in [9.17, 15) is 18.4 Å². The quantitative estimate of drug-likeness (QED) is 0.749. The Kier molecular flexibility index (Phi) is 7.27. The number of likely N-dealkylation sites (N-methyl/N-ethyl adjacent to an activating group) is 1. The molecule has 0 aliphatic carbocycles. The van der Waals surface area contributed by atoms with Gasteiger partial charge < -0.3 is 10.6 Å². The van der Waals surface area contributed by atoms with Crippen LogP contribution < -0.4 is 10.6 Å². The summed E-state index contributed by atoms with van der Waals surface area (Å²) in [7, 11) is 0. The molecule has 5 nitrogen and oxygen atoms in total. The average molecular weight is 396 g/mol. The van der Waals surface area contributed by atoms with Gasteiger partial charge in [-0.2, -0.15) is 0 Å². The summed E-state index contributed by atoms with van der Waals surface area (Å²) in [5.74, 6) is -2.67. The van der Waals surface area contributed by atoms with Gasteiger partial charge in [-0.1, -0.05) is 30.7 Å². The molecule has 2 aromatic rings. The number of benzene rings is 2. The van der Waals surface area contributed by atoms with E-state index in [1.54, 1.807) is 30.0 Å². The predicted octanol–water partition coefficient (Wildman–Crippen LogP) is 3.83. The monoisotopic (exact) mass is 395 g/mol. The third-order valence-electron chi connectivity index (χ3n) is 3.88. The molecule has 2 N–H and O–H groups in total. The molecule has 0 fully saturated rings. The Bertz CT molecular complexity index is 825. The van der Waals surface area contributed by atoms with Crippen LogP contribution in [-0.2, 0) is 9.59 Å². The molecule has 0 unspecified atom stereocenters. The minimum Gasteiger partial charge on any atom is -0.325 e. The number of aryl methyl sites for hydroxylation is 1. The van der Waals surface area contributed by atoms with E-state index < -0.39 is 23.2 Å². The van der Waals surface area contributed by atoms with E-state index >= 15 is 0 Å². The summed E-state index contributed by atoms with van der Waals surface area (Å²) in [5, 5.41) is 5.44. The Hall–Kier alpha value is -2.51. The van der Waals surface area contributed by atoms with Gasteiger partial charge in [-0.15, -0.1) is 0 Å². The first kappa shape index (κ1) is 20.8. The van der Waals surface area contributed by atoms with E-state index in [4.69, 9.17) is 11.6 Å². The molecule has 0 spiro atoms. The van der Waals surface area contributed by atoms with Gasteiger partial charge in [0.15, 0.2) is 0 Å². The Labute approximate surface area is 161 Å². The molecule has 0 radical (unpaired) electrons. The average Bonchev–Trinajstić information content (AvgIpc) is 2.61. The van der Waals surface area contributed by atoms with Crippen LogP contribution in [0.15, 0.2) is 36.4 Å². The van der Waals surface area contributed by atoms with Crippen molar-refractivity contribution in [2.24, 2.45) is 0 Å². The van der Waals surface area contributed by atoms with Crippen molar-refractivity contribution in [1.29, 1.82) is 0 Å². The van der Waals surface area contributed by atoms with Crippen LogP contribution in [-0.4, -0.2) is 36.3 Å². The van der Waals surface area contributed by atoms with Crippen LogP contribution in [0.5, 0.6) is 0 Å². The van der Waals surface area contributed by atoms with E-state index in [1.807, 2.05) is 6.92 Å². The molecule has 8 heteroatoms. The van der Waals surface area contributed by atoms with Crippen LogP contribution in [0.3, 0.4) is 0 Å². The largest absolute Gasteiger partial charge is 0.325 e. The van der Waals surface area contributed by atoms with Gasteiger partial charge in [0.05, 0.1) is 13.1 Å². The molecule has 144 valence electrons. The van der Waals surface area contributed by atoms with Crippen LogP contribution in [0.25, 0.3) is 0 Å². The van der Waals surface area contributed by atoms with Gasteiger partial charge in [0.25, 0.3) is 0 Å². The fourth-order valence-electron chi connectivity index (χ4n) is 2.40. The smallest absolute Gasteiger partial charge is 0.238 e. The number of carbonyl (C=O) groups excluding carboxylic acids is 2. The maximum absolute atomic E-state index is 13.6. The van der Waals surface area contributed by atoms with Gasteiger partial charge in [0, 0.05) is 10.7 Å². The number of hydrogen-bond donors (Lipinski definition) is 2. The Morgan fingerprint density at radius 1 is 1.04 bits per heavy atom. The van der Waals surface area contributed by atoms with Gasteiger partial charge in [-0.3, -0.25) is 14.5 Å². The SMILES string of the molecule is CCN(CC(=O)Nc1cc(Cl)ccc1C)CC(=O)Nc1c(F)cccc1F. The summed E-state index contributed by atoms with van der Waals surface area (Å²) in [6.45, 7) is 3.76. The molecule has 0 aliphatic rings. The summed E-state index contributed by atoms with van der Waals surface area (Å²) in [5.41, 5.74) is 0.933. The fraction of sp³-hybridized carbons (Fsp3) is 0.263. The zero-order chi connectivity index (χ0) is 20.0. The lowest BCUT2D eigenvalue weighted by atomic mass is 10.2. The highest BCUT2D eigenvalue weighted by atomic mass is 35.5. The van der Waals surface area contributed by atoms with Crippen molar-refractivity contribution in [1.82, 2.24) is 4.90 Å². The molecule has 0 heterocycles. The van der Waals surface area contributed by atoms with Crippen molar-refractivity contribution in [3.8, 4) is 0 Å². The third-order valence-corrected chi connectivity index (χ3v) is 4.12. The first-order chi connectivity index (χ1) is 12.8. The standard InChI is InChI=1S/C19H20ClF2N3O2/c1-3-25(10-17(26)23-16-9-13(20)8-7-12(16)2)11-18(27)24-19-14(21)5-4-6-15(19)22/h4-9H,3,10-11H2,1-2H3,(H,23,26)(H,24,27). The molecule has 0 saturated heterocycles. The predicted molar refractivity (Wildman–Crippen MR) is 102 cm³/mol. The summed E-state index contributed by atoms with van der Waals surface area (Å²) in [6.07, 6.45) is 0. The van der Waals surface area contributed by atoms with Crippen molar-refractivity contribution < 1.29 is 18.4 Å². The number of nitrogens with zero attached hydrogens (tertiary/aromatic N) is 1. The molecule has 2 aromatic carbocycles. The molecule has 2 rings (SSSR count). The Morgan fingerprint density at radius 2 is 1.63 bits per heavy atom. The molecule has 0 saturated carbocycles. The lowest BCUT2D eigenvalue weighted by molar-refractivity contribution is -0.119. The van der Waals surface area contributed by atoms with Gasteiger partial charge >= 0.3 is 0 Å². The maximum Gasteiger partial charge on any atom is 0.238 e. The molecular weight excluding hydrogens is 376 g/mol. The molecule has 27 heavy (non-hydrogen) atoms. The van der Waals surface area contributed by atoms with Crippen molar-refractivity contribution in [3.63, 3.8) is 0 Å². The van der Waals surface area contributed by atoms with Crippen LogP contribution in [0.1, 0.15) is 12.5 Å². The van der Waals surface area contributed by atoms with E-state index in [1.165, 1.54) is 6.07 Å². The first-order valence-electron chi connectivity index (χ1n) is 8.32. The van der Waals surface area contributed by atoms with E-state index in [2.05, 4.69) is 10.6 Å². The van der Waals surface area contributed by atoms with Gasteiger partial charge in [0.1, 0.15) is 17.3 Å². The molecule has 0 bridgehead atoms. The highest BCUT2D eigenvalue weighted by molar-refractivity contribution is 6.31. The van der Waals surface area contributed by atoms with Gasteiger partial charge in [-0.25, -0.2) is 8.78 Å². The highest BCUT2D eigenvalue weighted by Gasteiger charge is 2.17. The second kappa shape index (κ2) is 9.43. The van der Waals surface area contributed by atoms with E-state index in [0.29, 0.717) is 17.3 Å². The normalized spacial score (nSPS) is 10.7. The number of nitrogens with one attached hydrogen (secondary N) is 2.